The van der Waals surface area contributed by atoms with Crippen LogP contribution in [0, 0.1) is 15.9 Å². The van der Waals surface area contributed by atoms with Crippen LogP contribution in [-0.2, 0) is 14.8 Å². The van der Waals surface area contributed by atoms with Crippen LogP contribution in [0.1, 0.15) is 5.76 Å². The average Bonchev–Trinajstić information content (AvgIpc) is 3.45. The van der Waals surface area contributed by atoms with Crippen LogP contribution in [0.5, 0.6) is 11.5 Å². The zero-order chi connectivity index (χ0) is 29.6. The monoisotopic (exact) mass is 582 g/mol. The van der Waals surface area contributed by atoms with E-state index in [1.807, 2.05) is 0 Å². The number of rotatable bonds is 11. The Balaban J connectivity index is 1.51. The zero-order valence-electron chi connectivity index (χ0n) is 21.7. The van der Waals surface area contributed by atoms with E-state index < -0.39 is 33.2 Å². The average molecular weight is 583 g/mol. The predicted octanol–water partition coefficient (Wildman–Crippen LogP) is 4.36. The van der Waals surface area contributed by atoms with Gasteiger partial charge in [0.15, 0.2) is 11.5 Å². The van der Waals surface area contributed by atoms with E-state index in [0.717, 1.165) is 16.4 Å². The van der Waals surface area contributed by atoms with Gasteiger partial charge in [-0.2, -0.15) is 5.10 Å². The lowest BCUT2D eigenvalue weighted by atomic mass is 10.1. The fourth-order valence-corrected chi connectivity index (χ4v) is 5.12. The number of nitrogens with zero attached hydrogens (tertiary/aromatic N) is 3. The molecule has 0 aliphatic carbocycles. The number of hydrazone groups is 1. The first kappa shape index (κ1) is 28.8. The highest BCUT2D eigenvalue weighted by molar-refractivity contribution is 7.92. The first-order valence-corrected chi connectivity index (χ1v) is 13.2. The second-order valence-electron chi connectivity index (χ2n) is 8.30. The van der Waals surface area contributed by atoms with Crippen molar-refractivity contribution in [3.05, 3.63) is 101 Å². The molecule has 12 nitrogen and oxygen atoms in total. The SMILES string of the molecule is COc1ccc(S(=O)(=O)N(CC(=O)N/N=C\c2ccc(-c3ccc([N+](=O)[O-])cc3)o2)c2ccc(F)cc2)cc1OC. The maximum Gasteiger partial charge on any atom is 0.269 e. The molecule has 0 aliphatic heterocycles. The maximum atomic E-state index is 13.6. The summed E-state index contributed by atoms with van der Waals surface area (Å²) in [5.41, 5.74) is 2.82. The topological polar surface area (TPSA) is 154 Å². The number of amides is 1. The maximum absolute atomic E-state index is 13.6. The molecule has 3 aromatic carbocycles. The Labute approximate surface area is 233 Å². The van der Waals surface area contributed by atoms with Crippen LogP contribution in [0.3, 0.4) is 0 Å². The molecule has 0 unspecified atom stereocenters. The van der Waals surface area contributed by atoms with Crippen molar-refractivity contribution in [2.24, 2.45) is 5.10 Å². The van der Waals surface area contributed by atoms with Crippen LogP contribution in [-0.4, -0.2) is 46.2 Å². The van der Waals surface area contributed by atoms with Crippen molar-refractivity contribution in [2.45, 2.75) is 4.90 Å². The number of hydrogen-bond acceptors (Lipinski definition) is 9. The zero-order valence-corrected chi connectivity index (χ0v) is 22.5. The first-order valence-electron chi connectivity index (χ1n) is 11.8. The molecule has 0 spiro atoms. The number of sulfonamides is 1. The third kappa shape index (κ3) is 6.67. The molecule has 1 aromatic heterocycles. The number of nitro groups is 1. The summed E-state index contributed by atoms with van der Waals surface area (Å²) >= 11 is 0. The number of carbonyl (C=O) groups is 1. The van der Waals surface area contributed by atoms with Gasteiger partial charge in [-0.1, -0.05) is 0 Å². The van der Waals surface area contributed by atoms with Crippen molar-refractivity contribution in [1.29, 1.82) is 0 Å². The largest absolute Gasteiger partial charge is 0.493 e. The Morgan fingerprint density at radius 1 is 1.02 bits per heavy atom. The van der Waals surface area contributed by atoms with Gasteiger partial charge in [-0.05, 0) is 60.7 Å². The van der Waals surface area contributed by atoms with E-state index in [0.29, 0.717) is 17.1 Å². The van der Waals surface area contributed by atoms with Gasteiger partial charge in [-0.15, -0.1) is 0 Å². The van der Waals surface area contributed by atoms with Crippen LogP contribution in [0.15, 0.2) is 93.3 Å². The number of hydrogen-bond donors (Lipinski definition) is 1. The van der Waals surface area contributed by atoms with E-state index in [2.05, 4.69) is 10.5 Å². The lowest BCUT2D eigenvalue weighted by Gasteiger charge is -2.24. The number of nitro benzene ring substituents is 1. The quantitative estimate of drug-likeness (QED) is 0.156. The molecule has 1 heterocycles. The number of furan rings is 1. The lowest BCUT2D eigenvalue weighted by Crippen LogP contribution is -2.39. The molecule has 1 amide bonds. The van der Waals surface area contributed by atoms with Gasteiger partial charge in [0.2, 0.25) is 0 Å². The van der Waals surface area contributed by atoms with Crippen molar-refractivity contribution >= 4 is 33.5 Å². The van der Waals surface area contributed by atoms with Crippen LogP contribution in [0.25, 0.3) is 11.3 Å². The molecule has 0 saturated heterocycles. The van der Waals surface area contributed by atoms with Gasteiger partial charge < -0.3 is 13.9 Å². The molecule has 0 saturated carbocycles. The molecule has 0 aliphatic rings. The fraction of sp³-hybridized carbons (Fsp3) is 0.111. The highest BCUT2D eigenvalue weighted by Crippen LogP contribution is 2.32. The molecular weight excluding hydrogens is 559 g/mol. The molecule has 0 radical (unpaired) electrons. The molecule has 41 heavy (non-hydrogen) atoms. The Bertz CT molecular complexity index is 1690. The highest BCUT2D eigenvalue weighted by atomic mass is 32.2. The molecule has 4 aromatic rings. The van der Waals surface area contributed by atoms with Gasteiger partial charge in [0, 0.05) is 23.8 Å². The van der Waals surface area contributed by atoms with Crippen molar-refractivity contribution < 1.29 is 36.4 Å². The molecule has 14 heteroatoms. The predicted molar refractivity (Wildman–Crippen MR) is 147 cm³/mol. The summed E-state index contributed by atoms with van der Waals surface area (Å²) in [5, 5.41) is 14.7. The molecule has 212 valence electrons. The molecular formula is C27H23FN4O8S. The minimum atomic E-state index is -4.33. The van der Waals surface area contributed by atoms with E-state index in [-0.39, 0.29) is 27.8 Å². The number of methoxy groups -OCH3 is 2. The van der Waals surface area contributed by atoms with E-state index in [1.54, 1.807) is 12.1 Å². The van der Waals surface area contributed by atoms with E-state index in [4.69, 9.17) is 13.9 Å². The molecule has 4 rings (SSSR count). The summed E-state index contributed by atoms with van der Waals surface area (Å²) in [6.07, 6.45) is 1.21. The van der Waals surface area contributed by atoms with E-state index >= 15 is 0 Å². The molecule has 0 bridgehead atoms. The molecule has 1 N–H and O–H groups in total. The summed E-state index contributed by atoms with van der Waals surface area (Å²) in [6, 6.07) is 17.5. The van der Waals surface area contributed by atoms with Crippen LogP contribution < -0.4 is 19.2 Å². The Hall–Kier alpha value is -5.24. The van der Waals surface area contributed by atoms with Gasteiger partial charge in [-0.3, -0.25) is 19.2 Å². The van der Waals surface area contributed by atoms with Crippen LogP contribution in [0.2, 0.25) is 0 Å². The third-order valence-electron chi connectivity index (χ3n) is 5.72. The normalized spacial score (nSPS) is 11.3. The van der Waals surface area contributed by atoms with Crippen LogP contribution in [0.4, 0.5) is 15.8 Å². The van der Waals surface area contributed by atoms with Crippen molar-refractivity contribution in [2.75, 3.05) is 25.1 Å². The number of non-ortho nitro benzene ring substituents is 1. The summed E-state index contributed by atoms with van der Waals surface area (Å²) in [4.78, 5) is 22.9. The van der Waals surface area contributed by atoms with Crippen molar-refractivity contribution in [1.82, 2.24) is 5.43 Å². The van der Waals surface area contributed by atoms with E-state index in [9.17, 15) is 27.7 Å². The number of benzene rings is 3. The number of nitrogens with one attached hydrogen (secondary N) is 1. The van der Waals surface area contributed by atoms with Gasteiger partial charge in [0.25, 0.3) is 21.6 Å². The Morgan fingerprint density at radius 3 is 2.34 bits per heavy atom. The van der Waals surface area contributed by atoms with Crippen molar-refractivity contribution in [3.8, 4) is 22.8 Å². The third-order valence-corrected chi connectivity index (χ3v) is 7.49. The number of ether oxygens (including phenoxy) is 2. The standard InChI is InChI=1S/C27H23FN4O8S/c1-38-25-14-12-23(15-26(25)39-2)41(36,37)31(20-9-5-19(28)6-10-20)17-27(33)30-29-16-22-11-13-24(40-22)18-3-7-21(8-4-18)32(34)35/h3-16H,17H2,1-2H3,(H,30,33)/b29-16-. The number of carbonyl (C=O) groups excluding carboxylic acids is 1. The Kier molecular flexibility index (Phi) is 8.63. The first-order chi connectivity index (χ1) is 19.6. The van der Waals surface area contributed by atoms with E-state index in [1.165, 1.54) is 75.0 Å². The molecule has 0 atom stereocenters. The Morgan fingerprint density at radius 2 is 1.71 bits per heavy atom. The highest BCUT2D eigenvalue weighted by Gasteiger charge is 2.28. The second kappa shape index (κ2) is 12.3. The van der Waals surface area contributed by atoms with Crippen LogP contribution >= 0.6 is 0 Å². The summed E-state index contributed by atoms with van der Waals surface area (Å²) < 4.78 is 57.5. The number of anilines is 1. The fourth-order valence-electron chi connectivity index (χ4n) is 3.69. The summed E-state index contributed by atoms with van der Waals surface area (Å²) in [6.45, 7) is -0.689. The van der Waals surface area contributed by atoms with Crippen molar-refractivity contribution in [3.63, 3.8) is 0 Å². The minimum Gasteiger partial charge on any atom is -0.493 e. The molecule has 0 fully saturated rings. The summed E-state index contributed by atoms with van der Waals surface area (Å²) in [7, 11) is -1.57. The van der Waals surface area contributed by atoms with Gasteiger partial charge >= 0.3 is 0 Å². The number of halogens is 1. The smallest absolute Gasteiger partial charge is 0.269 e. The lowest BCUT2D eigenvalue weighted by molar-refractivity contribution is -0.384. The van der Waals surface area contributed by atoms with Gasteiger partial charge in [-0.25, -0.2) is 18.2 Å². The van der Waals surface area contributed by atoms with Gasteiger partial charge in [0.1, 0.15) is 23.9 Å². The second-order valence-corrected chi connectivity index (χ2v) is 10.2. The summed E-state index contributed by atoms with van der Waals surface area (Å²) in [5.74, 6) is -0.243. The van der Waals surface area contributed by atoms with Gasteiger partial charge in [0.05, 0.1) is 35.9 Å². The minimum absolute atomic E-state index is 0.0408.